The maximum Gasteiger partial charge on any atom is 0.380 e. The summed E-state index contributed by atoms with van der Waals surface area (Å²) in [6.07, 6.45) is 0.880. The van der Waals surface area contributed by atoms with E-state index in [1.165, 1.54) is 0 Å². The first kappa shape index (κ1) is 31.3. The Morgan fingerprint density at radius 3 is 1.55 bits per heavy atom. The van der Waals surface area contributed by atoms with Gasteiger partial charge in [-0.05, 0) is 84.5 Å². The summed E-state index contributed by atoms with van der Waals surface area (Å²) in [4.78, 5) is 10.3. The number of carbonyl (C=O) groups excluding carboxylic acids is 1. The molecule has 1 radical (unpaired) electrons. The van der Waals surface area contributed by atoms with Crippen molar-refractivity contribution in [1.29, 1.82) is 0 Å². The van der Waals surface area contributed by atoms with E-state index in [1.54, 1.807) is 0 Å². The molecule has 0 fully saturated rings. The summed E-state index contributed by atoms with van der Waals surface area (Å²) in [5.74, 6) is -1.22. The Morgan fingerprint density at radius 1 is 0.613 bits per heavy atom. The number of rotatable bonds is 17. The topological polar surface area (TPSA) is 92.3 Å². The first-order chi connectivity index (χ1) is 13.7. The zero-order valence-electron chi connectivity index (χ0n) is 21.5. The molecule has 0 aromatic rings. The van der Waals surface area contributed by atoms with Gasteiger partial charge in [0.05, 0.1) is 13.2 Å². The number of carbonyl (C=O) groups is 1. The molecule has 0 bridgehead atoms. The lowest BCUT2D eigenvalue weighted by Gasteiger charge is -2.42. The Morgan fingerprint density at radius 2 is 1.06 bits per heavy atom. The SMILES string of the molecule is C[Si](C)(C)O[Si](C)(C)O[Si](C)(C)O[Si](C)(C)O[Si](C)(C)CCCOCCOCC([O])=O. The van der Waals surface area contributed by atoms with Crippen LogP contribution in [-0.2, 0) is 35.8 Å². The van der Waals surface area contributed by atoms with E-state index in [1.807, 2.05) is 0 Å². The van der Waals surface area contributed by atoms with Crippen molar-refractivity contribution in [2.24, 2.45) is 0 Å². The first-order valence-corrected chi connectivity index (χ1v) is 25.9. The molecule has 0 aliphatic heterocycles. The van der Waals surface area contributed by atoms with Gasteiger partial charge in [-0.2, -0.15) is 0 Å². The Balaban J connectivity index is 4.48. The van der Waals surface area contributed by atoms with Crippen molar-refractivity contribution >= 4 is 48.3 Å². The zero-order valence-corrected chi connectivity index (χ0v) is 26.5. The second kappa shape index (κ2) is 12.7. The van der Waals surface area contributed by atoms with Crippen molar-refractivity contribution < 1.29 is 35.8 Å². The van der Waals surface area contributed by atoms with Gasteiger partial charge in [-0.1, -0.05) is 0 Å². The van der Waals surface area contributed by atoms with Gasteiger partial charge in [0.25, 0.3) is 0 Å². The molecule has 0 saturated heterocycles. The van der Waals surface area contributed by atoms with Crippen molar-refractivity contribution in [3.63, 3.8) is 0 Å². The predicted molar refractivity (Wildman–Crippen MR) is 134 cm³/mol. The van der Waals surface area contributed by atoms with Gasteiger partial charge in [-0.25, -0.2) is 9.90 Å². The molecule has 0 aromatic heterocycles. The Bertz CT molecular complexity index is 550. The molecular formula is C18H45O8Si5. The van der Waals surface area contributed by atoms with E-state index < -0.39 is 54.9 Å². The van der Waals surface area contributed by atoms with Gasteiger partial charge in [0.1, 0.15) is 6.61 Å². The number of hydrogen-bond donors (Lipinski definition) is 0. The van der Waals surface area contributed by atoms with Gasteiger partial charge in [0.15, 0.2) is 16.6 Å². The van der Waals surface area contributed by atoms with Crippen LogP contribution in [0.4, 0.5) is 0 Å². The van der Waals surface area contributed by atoms with Crippen LogP contribution in [0.15, 0.2) is 0 Å². The lowest BCUT2D eigenvalue weighted by Crippen LogP contribution is -2.58. The van der Waals surface area contributed by atoms with Crippen molar-refractivity contribution in [1.82, 2.24) is 0 Å². The predicted octanol–water partition coefficient (Wildman–Crippen LogP) is 4.58. The molecule has 0 aliphatic rings. The minimum absolute atomic E-state index is 0.250. The van der Waals surface area contributed by atoms with E-state index in [0.29, 0.717) is 13.2 Å². The van der Waals surface area contributed by atoms with E-state index in [0.717, 1.165) is 12.5 Å². The fourth-order valence-electron chi connectivity index (χ4n) is 3.68. The third kappa shape index (κ3) is 18.4. The van der Waals surface area contributed by atoms with Crippen LogP contribution in [0.1, 0.15) is 6.42 Å². The number of ether oxygens (including phenoxy) is 2. The molecule has 0 heterocycles. The summed E-state index contributed by atoms with van der Waals surface area (Å²) in [6, 6.07) is 0.953. The summed E-state index contributed by atoms with van der Waals surface area (Å²) in [5.41, 5.74) is 0. The summed E-state index contributed by atoms with van der Waals surface area (Å²) in [6.45, 7) is 24.3. The van der Waals surface area contributed by atoms with Gasteiger partial charge >= 0.3 is 31.7 Å². The highest BCUT2D eigenvalue weighted by molar-refractivity contribution is 6.90. The Hall–Kier alpha value is 0.314. The summed E-state index contributed by atoms with van der Waals surface area (Å²) in [5, 5.41) is 10.3. The largest absolute Gasteiger partial charge is 0.437 e. The van der Waals surface area contributed by atoms with Crippen LogP contribution < -0.4 is 0 Å². The third-order valence-electron chi connectivity index (χ3n) is 3.72. The summed E-state index contributed by atoms with van der Waals surface area (Å²) in [7, 11) is -10.7. The highest BCUT2D eigenvalue weighted by atomic mass is 28.5. The van der Waals surface area contributed by atoms with Gasteiger partial charge in [0, 0.05) is 6.61 Å². The first-order valence-electron chi connectivity index (χ1n) is 10.9. The van der Waals surface area contributed by atoms with E-state index in [4.69, 9.17) is 25.9 Å². The second-order valence-electron chi connectivity index (χ2n) is 10.6. The fraction of sp³-hybridized carbons (Fsp3) is 0.944. The molecule has 0 saturated carbocycles. The average Bonchev–Trinajstić information content (AvgIpc) is 2.42. The molecule has 0 aliphatic carbocycles. The zero-order chi connectivity index (χ0) is 24.6. The highest BCUT2D eigenvalue weighted by Gasteiger charge is 2.45. The lowest BCUT2D eigenvalue weighted by atomic mass is 10.5. The molecule has 31 heavy (non-hydrogen) atoms. The third-order valence-corrected chi connectivity index (χ3v) is 21.7. The van der Waals surface area contributed by atoms with Crippen LogP contribution in [0.2, 0.25) is 78.1 Å². The normalized spacial score (nSPS) is 14.2. The van der Waals surface area contributed by atoms with E-state index in [-0.39, 0.29) is 6.61 Å². The molecule has 0 N–H and O–H groups in total. The van der Waals surface area contributed by atoms with Crippen LogP contribution in [0.3, 0.4) is 0 Å². The monoisotopic (exact) mass is 529 g/mol. The quantitative estimate of drug-likeness (QED) is 0.201. The molecule has 0 atom stereocenters. The van der Waals surface area contributed by atoms with Gasteiger partial charge < -0.3 is 25.9 Å². The fourth-order valence-corrected chi connectivity index (χ4v) is 27.4. The number of hydrogen-bond acceptors (Lipinski definition) is 7. The van der Waals surface area contributed by atoms with Crippen LogP contribution in [-0.4, -0.2) is 74.7 Å². The standard InChI is InChI=1S/C18H45O8Si5/c1-27(2,3)23-29(6,7)25-31(10,11)26-30(8,9)24-28(4,5)16-12-13-21-14-15-22-17-18(19)20/h12-17H2,1-11H3. The van der Waals surface area contributed by atoms with Crippen molar-refractivity contribution in [3.05, 3.63) is 0 Å². The van der Waals surface area contributed by atoms with Crippen LogP contribution in [0, 0.1) is 0 Å². The molecular weight excluding hydrogens is 485 g/mol. The highest BCUT2D eigenvalue weighted by Crippen LogP contribution is 2.27. The molecule has 0 amide bonds. The molecule has 0 aromatic carbocycles. The molecule has 0 unspecified atom stereocenters. The van der Waals surface area contributed by atoms with Crippen LogP contribution in [0.25, 0.3) is 0 Å². The summed E-state index contributed by atoms with van der Waals surface area (Å²) >= 11 is 0. The Kier molecular flexibility index (Phi) is 12.8. The molecule has 0 spiro atoms. The Labute approximate surface area is 194 Å². The summed E-state index contributed by atoms with van der Waals surface area (Å²) < 4.78 is 36.3. The molecule has 13 heteroatoms. The van der Waals surface area contributed by atoms with E-state index >= 15 is 0 Å². The van der Waals surface area contributed by atoms with Gasteiger partial charge in [0.2, 0.25) is 0 Å². The van der Waals surface area contributed by atoms with Gasteiger partial charge in [-0.3, -0.25) is 0 Å². The maximum atomic E-state index is 10.3. The second-order valence-corrected chi connectivity index (χ2v) is 30.5. The molecule has 185 valence electrons. The van der Waals surface area contributed by atoms with Crippen molar-refractivity contribution in [2.45, 2.75) is 84.5 Å². The maximum absolute atomic E-state index is 10.3. The smallest absolute Gasteiger partial charge is 0.380 e. The molecule has 8 nitrogen and oxygen atoms in total. The molecule has 0 rings (SSSR count). The van der Waals surface area contributed by atoms with Crippen LogP contribution in [0.5, 0.6) is 0 Å². The minimum atomic E-state index is -2.41. The van der Waals surface area contributed by atoms with E-state index in [2.05, 4.69) is 72.0 Å². The minimum Gasteiger partial charge on any atom is -0.437 e. The van der Waals surface area contributed by atoms with Gasteiger partial charge in [-0.15, -0.1) is 0 Å². The van der Waals surface area contributed by atoms with Crippen LogP contribution >= 0.6 is 0 Å². The van der Waals surface area contributed by atoms with E-state index in [9.17, 15) is 9.90 Å². The lowest BCUT2D eigenvalue weighted by molar-refractivity contribution is -0.148. The van der Waals surface area contributed by atoms with Crippen molar-refractivity contribution in [3.8, 4) is 0 Å². The van der Waals surface area contributed by atoms with Crippen molar-refractivity contribution in [2.75, 3.05) is 26.4 Å². The average molecular weight is 530 g/mol.